The lowest BCUT2D eigenvalue weighted by atomic mass is 9.89. The Kier molecular flexibility index (Phi) is 2.73. The molecule has 0 radical (unpaired) electrons. The number of aryl methyl sites for hydroxylation is 1. The van der Waals surface area contributed by atoms with Crippen molar-refractivity contribution in [3.05, 3.63) is 29.3 Å². The second-order valence-electron chi connectivity index (χ2n) is 3.68. The highest BCUT2D eigenvalue weighted by molar-refractivity contribution is 5.38. The molecule has 2 rings (SSSR count). The maximum atomic E-state index is 5.46. The fourth-order valence-corrected chi connectivity index (χ4v) is 2.11. The molecule has 0 aliphatic heterocycles. The predicted molar refractivity (Wildman–Crippen MR) is 55.7 cm³/mol. The summed E-state index contributed by atoms with van der Waals surface area (Å²) < 4.78 is 10.7. The molecule has 1 aliphatic carbocycles. The smallest absolute Gasteiger partial charge is 0.119 e. The molecule has 2 heteroatoms. The van der Waals surface area contributed by atoms with E-state index in [-0.39, 0.29) is 6.10 Å². The molecule has 1 atom stereocenters. The zero-order valence-electron chi connectivity index (χ0n) is 8.75. The molecule has 0 heterocycles. The minimum atomic E-state index is 0.258. The van der Waals surface area contributed by atoms with E-state index in [2.05, 4.69) is 12.1 Å². The maximum absolute atomic E-state index is 5.46. The van der Waals surface area contributed by atoms with Crippen LogP contribution in [0.5, 0.6) is 5.75 Å². The molecule has 0 bridgehead atoms. The number of methoxy groups -OCH3 is 2. The van der Waals surface area contributed by atoms with Crippen molar-refractivity contribution in [3.8, 4) is 5.75 Å². The summed E-state index contributed by atoms with van der Waals surface area (Å²) in [7, 11) is 3.48. The molecule has 1 aromatic rings. The minimum Gasteiger partial charge on any atom is -0.497 e. The van der Waals surface area contributed by atoms with E-state index in [1.165, 1.54) is 24.0 Å². The summed E-state index contributed by atoms with van der Waals surface area (Å²) in [5.41, 5.74) is 2.71. The summed E-state index contributed by atoms with van der Waals surface area (Å²) in [6.45, 7) is 0. The quantitative estimate of drug-likeness (QED) is 0.717. The zero-order chi connectivity index (χ0) is 9.97. The van der Waals surface area contributed by atoms with Gasteiger partial charge in [-0.3, -0.25) is 0 Å². The van der Waals surface area contributed by atoms with Crippen LogP contribution in [0.25, 0.3) is 0 Å². The van der Waals surface area contributed by atoms with Gasteiger partial charge in [0.2, 0.25) is 0 Å². The van der Waals surface area contributed by atoms with Gasteiger partial charge in [-0.15, -0.1) is 0 Å². The molecule has 0 unspecified atom stereocenters. The van der Waals surface area contributed by atoms with E-state index in [9.17, 15) is 0 Å². The molecule has 0 aromatic heterocycles. The van der Waals surface area contributed by atoms with Crippen molar-refractivity contribution < 1.29 is 9.47 Å². The van der Waals surface area contributed by atoms with Crippen molar-refractivity contribution in [2.24, 2.45) is 0 Å². The largest absolute Gasteiger partial charge is 0.497 e. The fraction of sp³-hybridized carbons (Fsp3) is 0.500. The van der Waals surface area contributed by atoms with E-state index in [0.717, 1.165) is 12.2 Å². The van der Waals surface area contributed by atoms with Crippen LogP contribution in [0.1, 0.15) is 30.1 Å². The third-order valence-corrected chi connectivity index (χ3v) is 2.90. The molecule has 0 spiro atoms. The van der Waals surface area contributed by atoms with Crippen LogP contribution >= 0.6 is 0 Å². The average molecular weight is 192 g/mol. The molecular formula is C12H16O2. The van der Waals surface area contributed by atoms with Crippen molar-refractivity contribution >= 4 is 0 Å². The van der Waals surface area contributed by atoms with Crippen LogP contribution in [0.4, 0.5) is 0 Å². The number of ether oxygens (including phenoxy) is 2. The molecular weight excluding hydrogens is 176 g/mol. The van der Waals surface area contributed by atoms with Gasteiger partial charge in [0.1, 0.15) is 5.75 Å². The van der Waals surface area contributed by atoms with E-state index in [1.807, 2.05) is 6.07 Å². The number of hydrogen-bond donors (Lipinski definition) is 0. The highest BCUT2D eigenvalue weighted by Gasteiger charge is 2.19. The van der Waals surface area contributed by atoms with Crippen LogP contribution in [0, 0.1) is 0 Å². The monoisotopic (exact) mass is 192 g/mol. The van der Waals surface area contributed by atoms with Crippen molar-refractivity contribution in [2.75, 3.05) is 14.2 Å². The first-order valence-corrected chi connectivity index (χ1v) is 5.04. The number of benzene rings is 1. The summed E-state index contributed by atoms with van der Waals surface area (Å²) in [5, 5.41) is 0. The third kappa shape index (κ3) is 1.62. The van der Waals surface area contributed by atoms with Gasteiger partial charge in [-0.2, -0.15) is 0 Å². The highest BCUT2D eigenvalue weighted by atomic mass is 16.5. The summed E-state index contributed by atoms with van der Waals surface area (Å²) in [5.74, 6) is 0.924. The standard InChI is InChI=1S/C12H16O2/c1-13-10-7-6-9-4-3-5-12(14-2)11(9)8-10/h6-8,12H,3-5H2,1-2H3/t12-/m1/s1. The number of fused-ring (bicyclic) bond motifs is 1. The molecule has 2 nitrogen and oxygen atoms in total. The first kappa shape index (κ1) is 9.53. The normalized spacial score (nSPS) is 20.3. The second-order valence-corrected chi connectivity index (χ2v) is 3.68. The van der Waals surface area contributed by atoms with E-state index < -0.39 is 0 Å². The SMILES string of the molecule is COc1ccc2c(c1)[C@H](OC)CCC2. The summed E-state index contributed by atoms with van der Waals surface area (Å²) >= 11 is 0. The first-order chi connectivity index (χ1) is 6.85. The van der Waals surface area contributed by atoms with Gasteiger partial charge in [-0.25, -0.2) is 0 Å². The Morgan fingerprint density at radius 1 is 1.29 bits per heavy atom. The first-order valence-electron chi connectivity index (χ1n) is 5.04. The molecule has 0 amide bonds. The zero-order valence-corrected chi connectivity index (χ0v) is 8.75. The van der Waals surface area contributed by atoms with Crippen molar-refractivity contribution in [1.82, 2.24) is 0 Å². The van der Waals surface area contributed by atoms with Crippen LogP contribution in [-0.4, -0.2) is 14.2 Å². The van der Waals surface area contributed by atoms with Crippen molar-refractivity contribution in [1.29, 1.82) is 0 Å². The Balaban J connectivity index is 2.38. The predicted octanol–water partition coefficient (Wildman–Crippen LogP) is 2.72. The molecule has 1 aliphatic rings. The molecule has 14 heavy (non-hydrogen) atoms. The molecule has 0 saturated heterocycles. The Morgan fingerprint density at radius 3 is 2.86 bits per heavy atom. The topological polar surface area (TPSA) is 18.5 Å². The lowest BCUT2D eigenvalue weighted by Gasteiger charge is -2.24. The summed E-state index contributed by atoms with van der Waals surface area (Å²) in [4.78, 5) is 0. The van der Waals surface area contributed by atoms with E-state index in [0.29, 0.717) is 0 Å². The van der Waals surface area contributed by atoms with Gasteiger partial charge in [-0.05, 0) is 42.5 Å². The van der Waals surface area contributed by atoms with Gasteiger partial charge in [0.25, 0.3) is 0 Å². The Morgan fingerprint density at radius 2 is 2.14 bits per heavy atom. The Labute approximate surface area is 84.8 Å². The van der Waals surface area contributed by atoms with Crippen LogP contribution < -0.4 is 4.74 Å². The molecule has 1 aromatic carbocycles. The lowest BCUT2D eigenvalue weighted by Crippen LogP contribution is -2.11. The van der Waals surface area contributed by atoms with Gasteiger partial charge in [0.05, 0.1) is 13.2 Å². The van der Waals surface area contributed by atoms with E-state index in [1.54, 1.807) is 14.2 Å². The fourth-order valence-electron chi connectivity index (χ4n) is 2.11. The molecule has 76 valence electrons. The third-order valence-electron chi connectivity index (χ3n) is 2.90. The lowest BCUT2D eigenvalue weighted by molar-refractivity contribution is 0.0879. The minimum absolute atomic E-state index is 0.258. The van der Waals surface area contributed by atoms with Crippen molar-refractivity contribution in [3.63, 3.8) is 0 Å². The van der Waals surface area contributed by atoms with Crippen LogP contribution in [-0.2, 0) is 11.2 Å². The highest BCUT2D eigenvalue weighted by Crippen LogP contribution is 2.34. The molecule has 0 N–H and O–H groups in total. The molecule has 0 fully saturated rings. The van der Waals surface area contributed by atoms with Crippen LogP contribution in [0.3, 0.4) is 0 Å². The Bertz CT molecular complexity index is 320. The Hall–Kier alpha value is -1.02. The maximum Gasteiger partial charge on any atom is 0.119 e. The summed E-state index contributed by atoms with van der Waals surface area (Å²) in [6, 6.07) is 6.28. The van der Waals surface area contributed by atoms with Gasteiger partial charge in [-0.1, -0.05) is 6.07 Å². The van der Waals surface area contributed by atoms with Gasteiger partial charge in [0, 0.05) is 7.11 Å². The van der Waals surface area contributed by atoms with E-state index in [4.69, 9.17) is 9.47 Å². The van der Waals surface area contributed by atoms with Gasteiger partial charge >= 0.3 is 0 Å². The van der Waals surface area contributed by atoms with Gasteiger partial charge in [0.15, 0.2) is 0 Å². The van der Waals surface area contributed by atoms with Gasteiger partial charge < -0.3 is 9.47 Å². The number of hydrogen-bond acceptors (Lipinski definition) is 2. The van der Waals surface area contributed by atoms with E-state index >= 15 is 0 Å². The average Bonchev–Trinajstić information content (AvgIpc) is 2.27. The van der Waals surface area contributed by atoms with Crippen LogP contribution in [0.2, 0.25) is 0 Å². The second kappa shape index (κ2) is 4.01. The van der Waals surface area contributed by atoms with Crippen molar-refractivity contribution in [2.45, 2.75) is 25.4 Å². The van der Waals surface area contributed by atoms with Crippen LogP contribution in [0.15, 0.2) is 18.2 Å². The number of rotatable bonds is 2. The molecule has 0 saturated carbocycles. The summed E-state index contributed by atoms with van der Waals surface area (Å²) in [6.07, 6.45) is 3.77.